The van der Waals surface area contributed by atoms with Crippen molar-refractivity contribution in [2.45, 2.75) is 24.9 Å². The Kier molecular flexibility index (Phi) is 7.56. The van der Waals surface area contributed by atoms with Gasteiger partial charge in [0.1, 0.15) is 24.2 Å². The zero-order valence-corrected chi connectivity index (χ0v) is 21.4. The molecule has 3 aliphatic rings. The Balaban J connectivity index is 1.46. The third-order valence-electron chi connectivity index (χ3n) is 6.98. The maximum Gasteiger partial charge on any atom is 0.334 e. The fraction of sp³-hybridized carbons (Fsp3) is 0.276. The number of allylic oxidation sites excluding steroid dienone is 4. The van der Waals surface area contributed by atoms with E-state index in [-0.39, 0.29) is 43.8 Å². The van der Waals surface area contributed by atoms with Gasteiger partial charge in [0.2, 0.25) is 5.91 Å². The third kappa shape index (κ3) is 5.61. The normalized spacial score (nSPS) is 23.4. The van der Waals surface area contributed by atoms with Crippen molar-refractivity contribution in [1.29, 1.82) is 0 Å². The lowest BCUT2D eigenvalue weighted by atomic mass is 9.98. The number of carbonyl (C=O) groups excluding carboxylic acids is 3. The zero-order chi connectivity index (χ0) is 27.5. The minimum absolute atomic E-state index is 0.0656. The number of rotatable bonds is 5. The lowest BCUT2D eigenvalue weighted by Gasteiger charge is -2.54. The molecule has 2 heterocycles. The number of urea groups is 1. The van der Waals surface area contributed by atoms with E-state index in [1.807, 2.05) is 6.07 Å². The summed E-state index contributed by atoms with van der Waals surface area (Å²) >= 11 is 0. The summed E-state index contributed by atoms with van der Waals surface area (Å²) in [4.78, 5) is 43.8. The number of piperazine rings is 1. The lowest BCUT2D eigenvalue weighted by Crippen LogP contribution is -2.73. The molecule has 0 saturated carbocycles. The molecule has 0 radical (unpaired) electrons. The molecule has 0 spiro atoms. The van der Waals surface area contributed by atoms with E-state index in [0.717, 1.165) is 5.57 Å². The van der Waals surface area contributed by atoms with Crippen LogP contribution in [0.1, 0.15) is 17.2 Å². The van der Waals surface area contributed by atoms with Crippen molar-refractivity contribution in [3.05, 3.63) is 107 Å². The number of hydrogen-bond donors (Lipinski definition) is 1. The van der Waals surface area contributed by atoms with Gasteiger partial charge in [0, 0.05) is 20.1 Å². The molecule has 2 fully saturated rings. The van der Waals surface area contributed by atoms with Gasteiger partial charge in [-0.2, -0.15) is 0 Å². The number of halogens is 2. The SMILES string of the molecule is CN1CC(=O)N2C(CN(CC3=CC=CC(F)C=C3)C(=O)[C@@H]2c2ccccc2)N1C(=O)NCc1ccc(F)cc1. The van der Waals surface area contributed by atoms with E-state index in [4.69, 9.17) is 0 Å². The van der Waals surface area contributed by atoms with Crippen LogP contribution in [0.15, 0.2) is 90.6 Å². The van der Waals surface area contributed by atoms with Crippen LogP contribution in [-0.2, 0) is 16.1 Å². The Morgan fingerprint density at radius 3 is 2.54 bits per heavy atom. The van der Waals surface area contributed by atoms with Crippen LogP contribution in [0, 0.1) is 5.82 Å². The van der Waals surface area contributed by atoms with Crippen molar-refractivity contribution in [3.63, 3.8) is 0 Å². The van der Waals surface area contributed by atoms with Crippen LogP contribution in [0.5, 0.6) is 0 Å². The molecule has 2 aliphatic heterocycles. The van der Waals surface area contributed by atoms with Gasteiger partial charge in [-0.15, -0.1) is 0 Å². The van der Waals surface area contributed by atoms with E-state index in [0.29, 0.717) is 11.1 Å². The van der Waals surface area contributed by atoms with Gasteiger partial charge in [0.25, 0.3) is 5.91 Å². The van der Waals surface area contributed by atoms with Crippen LogP contribution < -0.4 is 5.32 Å². The predicted octanol–water partition coefficient (Wildman–Crippen LogP) is 3.33. The van der Waals surface area contributed by atoms with Crippen LogP contribution in [0.2, 0.25) is 0 Å². The molecule has 10 heteroatoms. The van der Waals surface area contributed by atoms with Crippen molar-refractivity contribution >= 4 is 17.8 Å². The van der Waals surface area contributed by atoms with E-state index in [1.54, 1.807) is 71.6 Å². The minimum Gasteiger partial charge on any atom is -0.333 e. The van der Waals surface area contributed by atoms with Gasteiger partial charge in [0.15, 0.2) is 0 Å². The number of carbonyl (C=O) groups is 3. The van der Waals surface area contributed by atoms with Crippen molar-refractivity contribution < 1.29 is 23.2 Å². The molecule has 0 aromatic heterocycles. The average molecular weight is 534 g/mol. The number of fused-ring (bicyclic) bond motifs is 1. The Labute approximate surface area is 225 Å². The highest BCUT2D eigenvalue weighted by Crippen LogP contribution is 2.34. The molecule has 8 nitrogen and oxygen atoms in total. The second-order valence-corrected chi connectivity index (χ2v) is 9.69. The highest BCUT2D eigenvalue weighted by Gasteiger charge is 2.51. The van der Waals surface area contributed by atoms with Gasteiger partial charge in [0.05, 0.1) is 13.1 Å². The first-order valence-electron chi connectivity index (χ1n) is 12.7. The molecule has 1 aliphatic carbocycles. The van der Waals surface area contributed by atoms with Crippen molar-refractivity contribution in [1.82, 2.24) is 25.1 Å². The predicted molar refractivity (Wildman–Crippen MR) is 141 cm³/mol. The van der Waals surface area contributed by atoms with Crippen molar-refractivity contribution in [2.75, 3.05) is 26.7 Å². The van der Waals surface area contributed by atoms with Crippen molar-refractivity contribution in [2.24, 2.45) is 0 Å². The standard InChI is InChI=1S/C29H29F2N5O3/c1-33-19-26(37)35-25(36(33)29(39)32-16-20-10-13-24(31)14-11-20)18-34(17-21-6-5-9-23(30)15-12-21)28(38)27(35)22-7-3-2-4-8-22/h2-15,23,25,27H,16-19H2,1H3,(H,32,39)/t23?,25?,27-/m0/s1. The molecule has 5 rings (SSSR count). The highest BCUT2D eigenvalue weighted by molar-refractivity contribution is 5.92. The van der Waals surface area contributed by atoms with Crippen LogP contribution in [0.4, 0.5) is 13.6 Å². The van der Waals surface area contributed by atoms with E-state index >= 15 is 0 Å². The number of nitrogens with one attached hydrogen (secondary N) is 1. The maximum absolute atomic E-state index is 13.9. The highest BCUT2D eigenvalue weighted by atomic mass is 19.1. The van der Waals surface area contributed by atoms with Gasteiger partial charge < -0.3 is 15.1 Å². The molecule has 39 heavy (non-hydrogen) atoms. The molecule has 2 unspecified atom stereocenters. The molecule has 202 valence electrons. The summed E-state index contributed by atoms with van der Waals surface area (Å²) < 4.78 is 27.1. The van der Waals surface area contributed by atoms with E-state index in [1.165, 1.54) is 34.2 Å². The zero-order valence-electron chi connectivity index (χ0n) is 21.4. The number of hydrazine groups is 1. The molecule has 1 N–H and O–H groups in total. The second-order valence-electron chi connectivity index (χ2n) is 9.69. The smallest absolute Gasteiger partial charge is 0.333 e. The molecule has 2 aromatic rings. The topological polar surface area (TPSA) is 76.2 Å². The largest absolute Gasteiger partial charge is 0.334 e. The molecule has 0 bridgehead atoms. The van der Waals surface area contributed by atoms with Gasteiger partial charge >= 0.3 is 6.03 Å². The summed E-state index contributed by atoms with van der Waals surface area (Å²) in [7, 11) is 1.65. The summed E-state index contributed by atoms with van der Waals surface area (Å²) in [6, 6.07) is 13.4. The number of benzene rings is 2. The van der Waals surface area contributed by atoms with E-state index in [9.17, 15) is 23.2 Å². The van der Waals surface area contributed by atoms with Crippen LogP contribution in [0.25, 0.3) is 0 Å². The number of likely N-dealkylation sites (N-methyl/N-ethyl adjacent to an activating group) is 1. The quantitative estimate of drug-likeness (QED) is 0.640. The van der Waals surface area contributed by atoms with Crippen molar-refractivity contribution in [3.8, 4) is 0 Å². The number of nitrogens with zero attached hydrogens (tertiary/aromatic N) is 4. The van der Waals surface area contributed by atoms with Gasteiger partial charge in [-0.1, -0.05) is 60.7 Å². The van der Waals surface area contributed by atoms with Gasteiger partial charge in [-0.25, -0.2) is 23.6 Å². The monoisotopic (exact) mass is 533 g/mol. The lowest BCUT2D eigenvalue weighted by molar-refractivity contribution is -0.187. The molecule has 2 saturated heterocycles. The first-order valence-corrected chi connectivity index (χ1v) is 12.7. The first kappa shape index (κ1) is 26.3. The van der Waals surface area contributed by atoms with E-state index in [2.05, 4.69) is 5.32 Å². The molecule has 2 aromatic carbocycles. The number of amides is 4. The van der Waals surface area contributed by atoms with Gasteiger partial charge in [-0.05, 0) is 41.0 Å². The summed E-state index contributed by atoms with van der Waals surface area (Å²) in [5.74, 6) is -0.921. The molecular formula is C29H29F2N5O3. The summed E-state index contributed by atoms with van der Waals surface area (Å²) in [5, 5.41) is 5.85. The van der Waals surface area contributed by atoms with E-state index < -0.39 is 24.4 Å². The fourth-order valence-electron chi connectivity index (χ4n) is 5.10. The van der Waals surface area contributed by atoms with Crippen LogP contribution in [-0.4, -0.2) is 76.7 Å². The number of alkyl halides is 1. The summed E-state index contributed by atoms with van der Waals surface area (Å²) in [6.45, 7) is 0.316. The Morgan fingerprint density at radius 1 is 1.05 bits per heavy atom. The summed E-state index contributed by atoms with van der Waals surface area (Å²) in [6.07, 6.45) is 5.84. The number of hydrogen-bond acceptors (Lipinski definition) is 4. The van der Waals surface area contributed by atoms with Crippen LogP contribution >= 0.6 is 0 Å². The minimum atomic E-state index is -1.21. The summed E-state index contributed by atoms with van der Waals surface area (Å²) in [5.41, 5.74) is 2.07. The average Bonchev–Trinajstić information content (AvgIpc) is 3.13. The third-order valence-corrected chi connectivity index (χ3v) is 6.98. The van der Waals surface area contributed by atoms with Crippen LogP contribution in [0.3, 0.4) is 0 Å². The second kappa shape index (κ2) is 11.2. The molecular weight excluding hydrogens is 504 g/mol. The first-order chi connectivity index (χ1) is 18.8. The molecule has 4 amide bonds. The maximum atomic E-state index is 13.9. The Morgan fingerprint density at radius 2 is 1.79 bits per heavy atom. The Bertz CT molecular complexity index is 1330. The molecule has 3 atom stereocenters. The van der Waals surface area contributed by atoms with Gasteiger partial charge in [-0.3, -0.25) is 9.59 Å². The fourth-order valence-corrected chi connectivity index (χ4v) is 5.10. The Hall–Kier alpha value is -4.31.